The van der Waals surface area contributed by atoms with Crippen molar-refractivity contribution in [1.82, 2.24) is 4.98 Å². The van der Waals surface area contributed by atoms with E-state index in [1.165, 1.54) is 0 Å². The van der Waals surface area contributed by atoms with Crippen molar-refractivity contribution in [2.45, 2.75) is 6.92 Å². The zero-order valence-corrected chi connectivity index (χ0v) is 13.6. The molecule has 4 rings (SSSR count). The summed E-state index contributed by atoms with van der Waals surface area (Å²) in [5.74, 6) is 0. The van der Waals surface area contributed by atoms with Gasteiger partial charge in [-0.25, -0.2) is 4.98 Å². The molecule has 0 saturated carbocycles. The predicted molar refractivity (Wildman–Crippen MR) is 92.5 cm³/mol. The molecule has 0 amide bonds. The SMILES string of the molecule is Cc1c2sc3cc(Br)ccc3nc-2c2ccccc2c1=O. The Kier molecular flexibility index (Phi) is 2.84. The van der Waals surface area contributed by atoms with Crippen LogP contribution in [0.4, 0.5) is 0 Å². The van der Waals surface area contributed by atoms with E-state index in [4.69, 9.17) is 4.98 Å². The highest BCUT2D eigenvalue weighted by Gasteiger charge is 2.17. The lowest BCUT2D eigenvalue weighted by Crippen LogP contribution is -2.09. The number of hydrogen-bond donors (Lipinski definition) is 0. The lowest BCUT2D eigenvalue weighted by atomic mass is 10.0. The summed E-state index contributed by atoms with van der Waals surface area (Å²) in [4.78, 5) is 18.3. The number of fused-ring (bicyclic) bond motifs is 4. The summed E-state index contributed by atoms with van der Waals surface area (Å²) < 4.78 is 2.10. The predicted octanol–water partition coefficient (Wildman–Crippen LogP) is 4.99. The van der Waals surface area contributed by atoms with E-state index in [-0.39, 0.29) is 5.43 Å². The number of halogens is 1. The van der Waals surface area contributed by atoms with Crippen LogP contribution in [0.15, 0.2) is 51.7 Å². The Hall–Kier alpha value is -1.78. The molecule has 0 saturated heterocycles. The van der Waals surface area contributed by atoms with Crippen molar-refractivity contribution in [3.63, 3.8) is 0 Å². The lowest BCUT2D eigenvalue weighted by molar-refractivity contribution is 1.38. The van der Waals surface area contributed by atoms with Gasteiger partial charge in [-0.3, -0.25) is 4.79 Å². The molecule has 0 spiro atoms. The van der Waals surface area contributed by atoms with E-state index in [9.17, 15) is 4.79 Å². The largest absolute Gasteiger partial charge is 0.289 e. The van der Waals surface area contributed by atoms with Gasteiger partial charge in [-0.1, -0.05) is 40.2 Å². The third-order valence-corrected chi connectivity index (χ3v) is 5.43. The summed E-state index contributed by atoms with van der Waals surface area (Å²) in [5.41, 5.74) is 2.76. The Morgan fingerprint density at radius 1 is 1.10 bits per heavy atom. The van der Waals surface area contributed by atoms with Crippen LogP contribution in [0.2, 0.25) is 0 Å². The van der Waals surface area contributed by atoms with Crippen molar-refractivity contribution in [1.29, 1.82) is 0 Å². The van der Waals surface area contributed by atoms with Gasteiger partial charge in [-0.2, -0.15) is 0 Å². The van der Waals surface area contributed by atoms with Crippen LogP contribution in [0, 0.1) is 6.92 Å². The number of aromatic nitrogens is 1. The maximum atomic E-state index is 12.5. The third kappa shape index (κ3) is 1.90. The number of rotatable bonds is 0. The summed E-state index contributed by atoms with van der Waals surface area (Å²) >= 11 is 5.11. The average Bonchev–Trinajstić information content (AvgIpc) is 2.51. The molecule has 0 N–H and O–H groups in total. The molecule has 102 valence electrons. The van der Waals surface area contributed by atoms with Crippen LogP contribution in [0.1, 0.15) is 5.56 Å². The highest BCUT2D eigenvalue weighted by molar-refractivity contribution is 9.10. The van der Waals surface area contributed by atoms with Crippen LogP contribution in [0.3, 0.4) is 0 Å². The van der Waals surface area contributed by atoms with Gasteiger partial charge in [0.15, 0.2) is 5.43 Å². The number of hydrogen-bond acceptors (Lipinski definition) is 3. The first-order valence-corrected chi connectivity index (χ1v) is 8.17. The van der Waals surface area contributed by atoms with E-state index < -0.39 is 0 Å². The molecule has 1 aliphatic carbocycles. The van der Waals surface area contributed by atoms with Gasteiger partial charge in [0, 0.05) is 20.8 Å². The van der Waals surface area contributed by atoms with Gasteiger partial charge in [0.1, 0.15) is 0 Å². The molecule has 2 aromatic rings. The van der Waals surface area contributed by atoms with Gasteiger partial charge in [-0.05, 0) is 25.1 Å². The molecular formula is C17H10BrNOS. The standard InChI is InChI=1S/C17H10BrNOS/c1-9-16(20)12-5-3-2-4-11(12)15-17(9)21-14-8-10(18)6-7-13(14)19-15/h2-8H,1H3. The van der Waals surface area contributed by atoms with E-state index in [2.05, 4.69) is 15.9 Å². The van der Waals surface area contributed by atoms with Crippen molar-refractivity contribution in [2.24, 2.45) is 0 Å². The van der Waals surface area contributed by atoms with Gasteiger partial charge in [0.2, 0.25) is 0 Å². The average molecular weight is 356 g/mol. The maximum Gasteiger partial charge on any atom is 0.190 e. The molecule has 1 heterocycles. The van der Waals surface area contributed by atoms with Crippen LogP contribution in [0.25, 0.3) is 31.6 Å². The molecule has 0 aromatic heterocycles. The van der Waals surface area contributed by atoms with Crippen molar-refractivity contribution in [3.8, 4) is 10.6 Å². The highest BCUT2D eigenvalue weighted by atomic mass is 79.9. The molecule has 2 nitrogen and oxygen atoms in total. The lowest BCUT2D eigenvalue weighted by Gasteiger charge is -2.12. The molecule has 0 bridgehead atoms. The smallest absolute Gasteiger partial charge is 0.190 e. The van der Waals surface area contributed by atoms with Crippen molar-refractivity contribution < 1.29 is 0 Å². The Morgan fingerprint density at radius 3 is 2.67 bits per heavy atom. The zero-order valence-electron chi connectivity index (χ0n) is 11.2. The van der Waals surface area contributed by atoms with Gasteiger partial charge in [0.05, 0.1) is 20.8 Å². The van der Waals surface area contributed by atoms with E-state index in [0.717, 1.165) is 41.6 Å². The minimum atomic E-state index is 0.102. The van der Waals surface area contributed by atoms with Crippen molar-refractivity contribution in [3.05, 3.63) is 62.7 Å². The fourth-order valence-electron chi connectivity index (χ4n) is 2.62. The van der Waals surface area contributed by atoms with Gasteiger partial charge < -0.3 is 0 Å². The molecule has 21 heavy (non-hydrogen) atoms. The fourth-order valence-corrected chi connectivity index (χ4v) is 4.26. The van der Waals surface area contributed by atoms with Gasteiger partial charge >= 0.3 is 0 Å². The maximum absolute atomic E-state index is 12.5. The number of benzene rings is 3. The molecule has 0 fully saturated rings. The van der Waals surface area contributed by atoms with Crippen molar-refractivity contribution in [2.75, 3.05) is 0 Å². The van der Waals surface area contributed by atoms with E-state index >= 15 is 0 Å². The second kappa shape index (κ2) is 4.61. The van der Waals surface area contributed by atoms with Crippen LogP contribution >= 0.6 is 27.3 Å². The summed E-state index contributed by atoms with van der Waals surface area (Å²) in [5, 5.41) is 1.68. The molecule has 0 atom stereocenters. The Balaban J connectivity index is 2.30. The monoisotopic (exact) mass is 355 g/mol. The quantitative estimate of drug-likeness (QED) is 0.328. The minimum absolute atomic E-state index is 0.102. The zero-order chi connectivity index (χ0) is 14.6. The first-order chi connectivity index (χ1) is 10.1. The van der Waals surface area contributed by atoms with Crippen molar-refractivity contribution >= 4 is 48.3 Å². The van der Waals surface area contributed by atoms with E-state index in [1.807, 2.05) is 49.4 Å². The molecule has 1 aliphatic heterocycles. The normalized spacial score (nSPS) is 11.5. The first-order valence-electron chi connectivity index (χ1n) is 6.56. The summed E-state index contributed by atoms with van der Waals surface area (Å²) in [6.07, 6.45) is 0. The minimum Gasteiger partial charge on any atom is -0.289 e. The molecular weight excluding hydrogens is 346 g/mol. The molecule has 2 aliphatic rings. The first kappa shape index (κ1) is 12.9. The second-order valence-electron chi connectivity index (χ2n) is 5.00. The van der Waals surface area contributed by atoms with Gasteiger partial charge in [0.25, 0.3) is 0 Å². The van der Waals surface area contributed by atoms with Crippen LogP contribution in [-0.4, -0.2) is 4.98 Å². The van der Waals surface area contributed by atoms with Crippen LogP contribution in [0.5, 0.6) is 0 Å². The fraction of sp³-hybridized carbons (Fsp3) is 0.0588. The Labute approximate surface area is 133 Å². The highest BCUT2D eigenvalue weighted by Crippen LogP contribution is 2.37. The molecule has 2 aromatic carbocycles. The summed E-state index contributed by atoms with van der Waals surface area (Å²) in [6.45, 7) is 1.89. The Bertz CT molecular complexity index is 1040. The van der Waals surface area contributed by atoms with Crippen LogP contribution < -0.4 is 5.43 Å². The molecule has 4 heteroatoms. The Morgan fingerprint density at radius 2 is 1.86 bits per heavy atom. The number of nitrogens with zero attached hydrogens (tertiary/aromatic N) is 1. The third-order valence-electron chi connectivity index (χ3n) is 3.69. The second-order valence-corrected chi connectivity index (χ2v) is 6.97. The topological polar surface area (TPSA) is 30.0 Å². The van der Waals surface area contributed by atoms with Gasteiger partial charge in [-0.15, -0.1) is 11.3 Å². The summed E-state index contributed by atoms with van der Waals surface area (Å²) in [6, 6.07) is 13.7. The van der Waals surface area contributed by atoms with Crippen LogP contribution in [-0.2, 0) is 0 Å². The summed E-state index contributed by atoms with van der Waals surface area (Å²) in [7, 11) is 0. The van der Waals surface area contributed by atoms with E-state index in [1.54, 1.807) is 11.3 Å². The molecule has 0 radical (unpaired) electrons. The molecule has 0 unspecified atom stereocenters. The van der Waals surface area contributed by atoms with E-state index in [0.29, 0.717) is 0 Å².